The monoisotopic (exact) mass is 225 g/mol. The number of phenolic OH excluding ortho intramolecular Hbond substituents is 1. The summed E-state index contributed by atoms with van der Waals surface area (Å²) in [6.45, 7) is 4.24. The zero-order valence-electron chi connectivity index (χ0n) is 9.99. The molecule has 0 fully saturated rings. The van der Waals surface area contributed by atoms with E-state index >= 15 is 0 Å². The first kappa shape index (κ1) is 10.4. The Hall–Kier alpha value is -1.80. The minimum absolute atomic E-state index is 0.119. The normalized spacial score (nSPS) is 16.8. The third kappa shape index (κ3) is 1.31. The minimum atomic E-state index is -0.119. The van der Waals surface area contributed by atoms with E-state index in [-0.39, 0.29) is 11.8 Å². The molecule has 3 N–H and O–H groups in total. The predicted molar refractivity (Wildman–Crippen MR) is 69.0 cm³/mol. The van der Waals surface area contributed by atoms with Gasteiger partial charge in [0.2, 0.25) is 0 Å². The highest BCUT2D eigenvalue weighted by molar-refractivity contribution is 5.82. The van der Waals surface area contributed by atoms with Crippen LogP contribution >= 0.6 is 0 Å². The van der Waals surface area contributed by atoms with Gasteiger partial charge in [-0.2, -0.15) is 0 Å². The Balaban J connectivity index is 2.37. The Morgan fingerprint density at radius 1 is 1.06 bits per heavy atom. The molecule has 1 atom stereocenters. The molecule has 2 heteroatoms. The quantitative estimate of drug-likeness (QED) is 0.724. The maximum absolute atomic E-state index is 9.56. The molecule has 0 saturated carbocycles. The van der Waals surface area contributed by atoms with E-state index in [4.69, 9.17) is 5.73 Å². The van der Waals surface area contributed by atoms with Crippen molar-refractivity contribution in [3.8, 4) is 16.9 Å². The number of aryl methyl sites for hydroxylation is 1. The Labute approximate surface area is 101 Å². The van der Waals surface area contributed by atoms with E-state index in [1.807, 2.05) is 6.07 Å². The lowest BCUT2D eigenvalue weighted by molar-refractivity contribution is 0.474. The van der Waals surface area contributed by atoms with Crippen LogP contribution in [0.1, 0.15) is 28.3 Å². The molecule has 0 aliphatic heterocycles. The highest BCUT2D eigenvalue weighted by atomic mass is 16.3. The molecule has 0 spiro atoms. The van der Waals surface area contributed by atoms with E-state index in [1.54, 1.807) is 12.1 Å². The molecular formula is C15H15NO. The van der Waals surface area contributed by atoms with Crippen molar-refractivity contribution in [1.82, 2.24) is 0 Å². The van der Waals surface area contributed by atoms with Gasteiger partial charge in [-0.15, -0.1) is 0 Å². The maximum atomic E-state index is 9.56. The fourth-order valence-electron chi connectivity index (χ4n) is 2.66. The van der Waals surface area contributed by atoms with Crippen molar-refractivity contribution < 1.29 is 5.11 Å². The topological polar surface area (TPSA) is 46.2 Å². The van der Waals surface area contributed by atoms with Gasteiger partial charge in [0.1, 0.15) is 5.75 Å². The molecule has 0 saturated heterocycles. The van der Waals surface area contributed by atoms with Crippen molar-refractivity contribution in [3.63, 3.8) is 0 Å². The summed E-state index contributed by atoms with van der Waals surface area (Å²) in [6, 6.07) is 9.55. The van der Waals surface area contributed by atoms with E-state index < -0.39 is 0 Å². The number of hydrogen-bond acceptors (Lipinski definition) is 2. The number of aromatic hydroxyl groups is 1. The third-order valence-electron chi connectivity index (χ3n) is 3.74. The molecule has 2 aromatic carbocycles. The van der Waals surface area contributed by atoms with Crippen LogP contribution in [0.5, 0.6) is 5.75 Å². The number of nitrogens with two attached hydrogens (primary N) is 1. The molecule has 1 unspecified atom stereocenters. The summed E-state index contributed by atoms with van der Waals surface area (Å²) in [5.41, 5.74) is 13.4. The highest BCUT2D eigenvalue weighted by Crippen LogP contribution is 2.45. The van der Waals surface area contributed by atoms with Gasteiger partial charge in [-0.25, -0.2) is 0 Å². The number of hydrogen-bond donors (Lipinski definition) is 2. The van der Waals surface area contributed by atoms with Crippen molar-refractivity contribution >= 4 is 0 Å². The molecule has 0 heterocycles. The van der Waals surface area contributed by atoms with E-state index in [0.717, 1.165) is 16.7 Å². The molecular weight excluding hydrogens is 210 g/mol. The van der Waals surface area contributed by atoms with Crippen LogP contribution in [0.4, 0.5) is 0 Å². The van der Waals surface area contributed by atoms with Crippen LogP contribution in [-0.4, -0.2) is 5.11 Å². The van der Waals surface area contributed by atoms with E-state index in [9.17, 15) is 5.11 Å². The zero-order valence-corrected chi connectivity index (χ0v) is 9.99. The second kappa shape index (κ2) is 3.34. The summed E-state index contributed by atoms with van der Waals surface area (Å²) >= 11 is 0. The summed E-state index contributed by atoms with van der Waals surface area (Å²) in [5, 5.41) is 9.56. The number of phenols is 1. The first-order chi connectivity index (χ1) is 8.09. The molecule has 2 aromatic rings. The lowest BCUT2D eigenvalue weighted by Gasteiger charge is -2.09. The summed E-state index contributed by atoms with van der Waals surface area (Å²) in [5.74, 6) is 0.279. The van der Waals surface area contributed by atoms with Gasteiger partial charge >= 0.3 is 0 Å². The smallest absolute Gasteiger partial charge is 0.115 e. The largest absolute Gasteiger partial charge is 0.508 e. The number of benzene rings is 2. The second-order valence-corrected chi connectivity index (χ2v) is 4.72. The van der Waals surface area contributed by atoms with Gasteiger partial charge < -0.3 is 10.8 Å². The molecule has 17 heavy (non-hydrogen) atoms. The summed E-state index contributed by atoms with van der Waals surface area (Å²) in [7, 11) is 0. The van der Waals surface area contributed by atoms with Crippen molar-refractivity contribution in [2.75, 3.05) is 0 Å². The van der Waals surface area contributed by atoms with Crippen molar-refractivity contribution in [2.24, 2.45) is 5.73 Å². The Bertz CT molecular complexity index is 617. The van der Waals surface area contributed by atoms with Gasteiger partial charge in [0.05, 0.1) is 6.04 Å². The van der Waals surface area contributed by atoms with Gasteiger partial charge in [-0.3, -0.25) is 0 Å². The van der Waals surface area contributed by atoms with E-state index in [2.05, 4.69) is 26.0 Å². The molecule has 86 valence electrons. The highest BCUT2D eigenvalue weighted by Gasteiger charge is 2.27. The average Bonchev–Trinajstić information content (AvgIpc) is 2.58. The second-order valence-electron chi connectivity index (χ2n) is 4.72. The van der Waals surface area contributed by atoms with Crippen LogP contribution in [-0.2, 0) is 0 Å². The van der Waals surface area contributed by atoms with Gasteiger partial charge in [0.25, 0.3) is 0 Å². The van der Waals surface area contributed by atoms with Crippen LogP contribution in [0.25, 0.3) is 11.1 Å². The molecule has 2 nitrogen and oxygen atoms in total. The van der Waals surface area contributed by atoms with Gasteiger partial charge in [-0.05, 0) is 59.4 Å². The lowest BCUT2D eigenvalue weighted by atomic mass is 9.96. The van der Waals surface area contributed by atoms with Crippen LogP contribution < -0.4 is 5.73 Å². The molecule has 0 radical (unpaired) electrons. The average molecular weight is 225 g/mol. The Morgan fingerprint density at radius 2 is 1.82 bits per heavy atom. The predicted octanol–water partition coefficient (Wildman–Crippen LogP) is 3.04. The fourth-order valence-corrected chi connectivity index (χ4v) is 2.66. The molecule has 1 aliphatic carbocycles. The molecule has 0 bridgehead atoms. The Morgan fingerprint density at radius 3 is 2.59 bits per heavy atom. The fraction of sp³-hybridized carbons (Fsp3) is 0.200. The van der Waals surface area contributed by atoms with Crippen molar-refractivity contribution in [2.45, 2.75) is 19.9 Å². The van der Waals surface area contributed by atoms with E-state index in [0.29, 0.717) is 0 Å². The van der Waals surface area contributed by atoms with Crippen LogP contribution in [0.3, 0.4) is 0 Å². The molecule has 0 amide bonds. The van der Waals surface area contributed by atoms with Crippen molar-refractivity contribution in [3.05, 3.63) is 52.6 Å². The lowest BCUT2D eigenvalue weighted by Crippen LogP contribution is -2.08. The minimum Gasteiger partial charge on any atom is -0.508 e. The summed E-state index contributed by atoms with van der Waals surface area (Å²) in [6.07, 6.45) is 0. The van der Waals surface area contributed by atoms with Gasteiger partial charge in [0, 0.05) is 0 Å². The van der Waals surface area contributed by atoms with Crippen LogP contribution in [0, 0.1) is 13.8 Å². The third-order valence-corrected chi connectivity index (χ3v) is 3.74. The summed E-state index contributed by atoms with van der Waals surface area (Å²) < 4.78 is 0. The first-order valence-corrected chi connectivity index (χ1v) is 5.78. The van der Waals surface area contributed by atoms with Gasteiger partial charge in [0.15, 0.2) is 0 Å². The SMILES string of the molecule is Cc1ccc2c(c1C)-c1ccc(O)cc1C2N. The number of fused-ring (bicyclic) bond motifs is 3. The standard InChI is InChI=1S/C15H15NO/c1-8-3-5-12-14(9(8)2)11-6-4-10(17)7-13(11)15(12)16/h3-7,15,17H,16H2,1-2H3. The molecule has 3 rings (SSSR count). The molecule has 1 aliphatic rings. The van der Waals surface area contributed by atoms with Crippen LogP contribution in [0.2, 0.25) is 0 Å². The maximum Gasteiger partial charge on any atom is 0.115 e. The van der Waals surface area contributed by atoms with Crippen LogP contribution in [0.15, 0.2) is 30.3 Å². The Kier molecular flexibility index (Phi) is 2.04. The first-order valence-electron chi connectivity index (χ1n) is 5.78. The summed E-state index contributed by atoms with van der Waals surface area (Å²) in [4.78, 5) is 0. The zero-order chi connectivity index (χ0) is 12.2. The van der Waals surface area contributed by atoms with Gasteiger partial charge in [-0.1, -0.05) is 18.2 Å². The van der Waals surface area contributed by atoms with E-state index in [1.165, 1.54) is 16.7 Å². The van der Waals surface area contributed by atoms with Crippen molar-refractivity contribution in [1.29, 1.82) is 0 Å². The number of rotatable bonds is 0. The molecule has 0 aromatic heterocycles.